The molecule has 32 heavy (non-hydrogen) atoms. The van der Waals surface area contributed by atoms with Crippen LogP contribution < -0.4 is 10.2 Å². The van der Waals surface area contributed by atoms with Gasteiger partial charge in [0, 0.05) is 11.5 Å². The number of carbonyl (C=O) groups excluding carboxylic acids is 1. The molecule has 0 radical (unpaired) electrons. The second-order valence-corrected chi connectivity index (χ2v) is 11.6. The lowest BCUT2D eigenvalue weighted by molar-refractivity contribution is -0.124. The zero-order valence-corrected chi connectivity index (χ0v) is 20.0. The van der Waals surface area contributed by atoms with Gasteiger partial charge in [-0.15, -0.1) is 11.8 Å². The maximum absolute atomic E-state index is 12.6. The lowest BCUT2D eigenvalue weighted by atomic mass is 9.94. The number of aromatic nitrogens is 2. The number of oxazole rings is 1. The quantitative estimate of drug-likeness (QED) is 0.185. The second kappa shape index (κ2) is 9.86. The summed E-state index contributed by atoms with van der Waals surface area (Å²) in [6.45, 7) is 6.14. The molecule has 0 unspecified atom stereocenters. The van der Waals surface area contributed by atoms with Gasteiger partial charge in [-0.1, -0.05) is 44.2 Å². The van der Waals surface area contributed by atoms with Crippen LogP contribution in [-0.4, -0.2) is 29.5 Å². The van der Waals surface area contributed by atoms with Gasteiger partial charge in [0.15, 0.2) is 5.13 Å². The van der Waals surface area contributed by atoms with E-state index in [1.54, 1.807) is 24.5 Å². The van der Waals surface area contributed by atoms with Gasteiger partial charge < -0.3 is 4.42 Å². The lowest BCUT2D eigenvalue weighted by Gasteiger charge is -2.12. The van der Waals surface area contributed by atoms with Crippen LogP contribution in [0.15, 0.2) is 56.3 Å². The Labute approximate surface area is 194 Å². The van der Waals surface area contributed by atoms with E-state index >= 15 is 0 Å². The van der Waals surface area contributed by atoms with Gasteiger partial charge in [-0.25, -0.2) is 23.9 Å². The maximum Gasteiger partial charge on any atom is 0.267 e. The van der Waals surface area contributed by atoms with Crippen LogP contribution in [0.4, 0.5) is 5.13 Å². The molecule has 0 saturated carbocycles. The van der Waals surface area contributed by atoms with Crippen molar-refractivity contribution in [3.63, 3.8) is 0 Å². The van der Waals surface area contributed by atoms with Crippen LogP contribution in [0.2, 0.25) is 0 Å². The van der Waals surface area contributed by atoms with Crippen molar-refractivity contribution < 1.29 is 22.8 Å². The summed E-state index contributed by atoms with van der Waals surface area (Å²) in [5.74, 6) is 1.23. The number of nitrogens with one attached hydrogen (secondary N) is 2. The SMILES string of the molecule is CC(C)(C)c1cnc(CSc2cnc(NS(=O)(=O)c3ccc(/C=C/C(=O)NO)cc3)s2)o1. The molecule has 3 rings (SSSR count). The number of amides is 1. The van der Waals surface area contributed by atoms with Gasteiger partial charge in [0.05, 0.1) is 27.3 Å². The Hall–Kier alpha value is -2.67. The van der Waals surface area contributed by atoms with Crippen molar-refractivity contribution in [2.75, 3.05) is 4.72 Å². The number of hydrogen-bond acceptors (Lipinski definition) is 9. The van der Waals surface area contributed by atoms with Crippen molar-refractivity contribution in [1.29, 1.82) is 0 Å². The van der Waals surface area contributed by atoms with Crippen molar-refractivity contribution in [1.82, 2.24) is 15.4 Å². The van der Waals surface area contributed by atoms with E-state index in [1.165, 1.54) is 46.8 Å². The van der Waals surface area contributed by atoms with E-state index in [0.717, 1.165) is 16.0 Å². The number of anilines is 1. The summed E-state index contributed by atoms with van der Waals surface area (Å²) in [5, 5.41) is 8.72. The largest absolute Gasteiger partial charge is 0.444 e. The molecule has 3 aromatic rings. The van der Waals surface area contributed by atoms with Crippen molar-refractivity contribution in [3.05, 3.63) is 59.9 Å². The van der Waals surface area contributed by atoms with Gasteiger partial charge >= 0.3 is 0 Å². The predicted molar refractivity (Wildman–Crippen MR) is 123 cm³/mol. The maximum atomic E-state index is 12.6. The highest BCUT2D eigenvalue weighted by Crippen LogP contribution is 2.32. The fourth-order valence-corrected chi connectivity index (χ4v) is 5.34. The molecule has 12 heteroatoms. The predicted octanol–water partition coefficient (Wildman–Crippen LogP) is 4.04. The zero-order chi connectivity index (χ0) is 23.4. The Kier molecular flexibility index (Phi) is 7.39. The summed E-state index contributed by atoms with van der Waals surface area (Å²) in [5.41, 5.74) is 1.96. The molecule has 0 bridgehead atoms. The Morgan fingerprint density at radius 3 is 2.56 bits per heavy atom. The fraction of sp³-hybridized carbons (Fsp3) is 0.250. The number of rotatable bonds is 8. The number of hydrogen-bond donors (Lipinski definition) is 3. The van der Waals surface area contributed by atoms with Crippen molar-refractivity contribution in [2.24, 2.45) is 0 Å². The highest BCUT2D eigenvalue weighted by molar-refractivity contribution is 8.00. The van der Waals surface area contributed by atoms with Gasteiger partial charge in [-0.3, -0.25) is 14.7 Å². The topological polar surface area (TPSA) is 134 Å². The van der Waals surface area contributed by atoms with Crippen LogP contribution in [0.5, 0.6) is 0 Å². The minimum atomic E-state index is -3.82. The minimum Gasteiger partial charge on any atom is -0.444 e. The van der Waals surface area contributed by atoms with Gasteiger partial charge in [0.2, 0.25) is 5.89 Å². The number of carbonyl (C=O) groups is 1. The van der Waals surface area contributed by atoms with Gasteiger partial charge in [0.1, 0.15) is 5.76 Å². The molecule has 0 aliphatic carbocycles. The van der Waals surface area contributed by atoms with E-state index < -0.39 is 15.9 Å². The normalized spacial score (nSPS) is 12.2. The fourth-order valence-electron chi connectivity index (χ4n) is 2.37. The van der Waals surface area contributed by atoms with Crippen LogP contribution >= 0.6 is 23.1 Å². The number of sulfonamides is 1. The Balaban J connectivity index is 1.61. The van der Waals surface area contributed by atoms with E-state index in [0.29, 0.717) is 17.2 Å². The molecular formula is C20H22N4O5S3. The van der Waals surface area contributed by atoms with Crippen LogP contribution in [-0.2, 0) is 26.0 Å². The average Bonchev–Trinajstić information content (AvgIpc) is 3.39. The van der Waals surface area contributed by atoms with E-state index in [9.17, 15) is 13.2 Å². The molecule has 0 spiro atoms. The van der Waals surface area contributed by atoms with Gasteiger partial charge in [-0.05, 0) is 23.8 Å². The molecule has 0 aliphatic heterocycles. The third kappa shape index (κ3) is 6.42. The van der Waals surface area contributed by atoms with E-state index in [4.69, 9.17) is 9.62 Å². The number of benzene rings is 1. The zero-order valence-electron chi connectivity index (χ0n) is 17.5. The summed E-state index contributed by atoms with van der Waals surface area (Å²) in [6, 6.07) is 5.91. The number of nitrogens with zero attached hydrogens (tertiary/aromatic N) is 2. The third-order valence-corrected chi connectivity index (χ3v) is 7.64. The van der Waals surface area contributed by atoms with Crippen LogP contribution in [0.25, 0.3) is 6.08 Å². The first kappa shape index (κ1) is 24.0. The molecule has 0 fully saturated rings. The monoisotopic (exact) mass is 494 g/mol. The molecule has 9 nitrogen and oxygen atoms in total. The van der Waals surface area contributed by atoms with Crippen LogP contribution in [0.1, 0.15) is 38.0 Å². The highest BCUT2D eigenvalue weighted by atomic mass is 32.2. The van der Waals surface area contributed by atoms with Gasteiger partial charge in [0.25, 0.3) is 15.9 Å². The van der Waals surface area contributed by atoms with Crippen molar-refractivity contribution in [2.45, 2.75) is 41.0 Å². The Morgan fingerprint density at radius 2 is 1.94 bits per heavy atom. The van der Waals surface area contributed by atoms with Crippen molar-refractivity contribution in [3.8, 4) is 0 Å². The molecule has 170 valence electrons. The standard InChI is InChI=1S/C20H22N4O5S3/c1-20(2,3)15-10-21-17(29-15)12-30-18-11-22-19(31-18)24-32(27,28)14-7-4-13(5-8-14)6-9-16(25)23-26/h4-11,26H,12H2,1-3H3,(H,22,24)(H,23,25)/b9-6+. The number of thioether (sulfide) groups is 1. The van der Waals surface area contributed by atoms with Crippen molar-refractivity contribution >= 4 is 50.2 Å². The summed E-state index contributed by atoms with van der Waals surface area (Å²) in [4.78, 5) is 19.5. The number of thiazole rings is 1. The molecule has 0 atom stereocenters. The van der Waals surface area contributed by atoms with E-state index in [-0.39, 0.29) is 15.4 Å². The summed E-state index contributed by atoms with van der Waals surface area (Å²) in [7, 11) is -3.82. The second-order valence-electron chi connectivity index (χ2n) is 7.63. The molecule has 2 heterocycles. The van der Waals surface area contributed by atoms with E-state index in [2.05, 4.69) is 14.7 Å². The van der Waals surface area contributed by atoms with Gasteiger partial charge in [-0.2, -0.15) is 0 Å². The Bertz CT molecular complexity index is 1210. The first-order valence-corrected chi connectivity index (χ1v) is 12.6. The molecule has 0 aliphatic rings. The molecular weight excluding hydrogens is 472 g/mol. The Morgan fingerprint density at radius 1 is 1.22 bits per heavy atom. The summed E-state index contributed by atoms with van der Waals surface area (Å²) >= 11 is 2.67. The van der Waals surface area contributed by atoms with Crippen LogP contribution in [0.3, 0.4) is 0 Å². The lowest BCUT2D eigenvalue weighted by Crippen LogP contribution is -2.14. The molecule has 0 saturated heterocycles. The molecule has 2 aromatic heterocycles. The molecule has 1 aromatic carbocycles. The molecule has 3 N–H and O–H groups in total. The summed E-state index contributed by atoms with van der Waals surface area (Å²) in [6.07, 6.45) is 5.89. The first-order valence-electron chi connectivity index (χ1n) is 9.36. The van der Waals surface area contributed by atoms with Crippen LogP contribution in [0, 0.1) is 0 Å². The summed E-state index contributed by atoms with van der Waals surface area (Å²) < 4.78 is 34.3. The third-order valence-electron chi connectivity index (χ3n) is 4.06. The molecule has 1 amide bonds. The minimum absolute atomic E-state index is 0.0557. The van der Waals surface area contributed by atoms with E-state index in [1.807, 2.05) is 20.8 Å². The number of hydroxylamine groups is 1. The average molecular weight is 495 g/mol. The highest BCUT2D eigenvalue weighted by Gasteiger charge is 2.20. The smallest absolute Gasteiger partial charge is 0.267 e. The first-order chi connectivity index (χ1) is 15.1.